The first-order valence-corrected chi connectivity index (χ1v) is 7.53. The molecule has 22 heavy (non-hydrogen) atoms. The zero-order valence-electron chi connectivity index (χ0n) is 11.9. The number of halogens is 1. The van der Waals surface area contributed by atoms with E-state index in [9.17, 15) is 4.79 Å². The molecular weight excluding hydrogens is 302 g/mol. The van der Waals surface area contributed by atoms with E-state index in [2.05, 4.69) is 21.5 Å². The number of rotatable bonds is 6. The third kappa shape index (κ3) is 3.49. The molecule has 0 spiro atoms. The van der Waals surface area contributed by atoms with Gasteiger partial charge in [0, 0.05) is 42.6 Å². The second kappa shape index (κ2) is 6.66. The maximum Gasteiger partial charge on any atom is 0.220 e. The van der Waals surface area contributed by atoms with Crippen LogP contribution >= 0.6 is 11.6 Å². The largest absolute Gasteiger partial charge is 0.361 e. The van der Waals surface area contributed by atoms with Gasteiger partial charge in [0.1, 0.15) is 5.76 Å². The summed E-state index contributed by atoms with van der Waals surface area (Å²) in [5.74, 6) is 0.615. The van der Waals surface area contributed by atoms with Crippen LogP contribution in [0.1, 0.15) is 17.7 Å². The molecule has 5 nitrogen and oxygen atoms in total. The topological polar surface area (TPSA) is 70.9 Å². The zero-order valence-corrected chi connectivity index (χ0v) is 12.7. The lowest BCUT2D eigenvalue weighted by Gasteiger charge is -2.04. The standard InChI is InChI=1S/C16H16ClN3O2/c17-15-9-12(22-20-15)5-6-16(21)18-8-7-11-10-19-14-4-2-1-3-13(11)14/h1-4,9-10,19H,5-8H2,(H,18,21). The van der Waals surface area contributed by atoms with Crippen molar-refractivity contribution in [3.8, 4) is 0 Å². The van der Waals surface area contributed by atoms with Crippen molar-refractivity contribution in [1.29, 1.82) is 0 Å². The lowest BCUT2D eigenvalue weighted by Crippen LogP contribution is -2.25. The number of carbonyl (C=O) groups is 1. The van der Waals surface area contributed by atoms with Gasteiger partial charge in [-0.15, -0.1) is 0 Å². The van der Waals surface area contributed by atoms with Crippen molar-refractivity contribution in [3.05, 3.63) is 53.0 Å². The van der Waals surface area contributed by atoms with Crippen LogP contribution in [0.3, 0.4) is 0 Å². The number of nitrogens with one attached hydrogen (secondary N) is 2. The highest BCUT2D eigenvalue weighted by atomic mass is 35.5. The first-order valence-electron chi connectivity index (χ1n) is 7.15. The lowest BCUT2D eigenvalue weighted by atomic mass is 10.1. The van der Waals surface area contributed by atoms with Crippen LogP contribution in [-0.2, 0) is 17.6 Å². The Labute approximate surface area is 132 Å². The minimum atomic E-state index is -0.00707. The van der Waals surface area contributed by atoms with Crippen LogP contribution in [0.4, 0.5) is 0 Å². The zero-order chi connectivity index (χ0) is 15.4. The molecule has 0 fully saturated rings. The predicted octanol–water partition coefficient (Wildman–Crippen LogP) is 3.10. The summed E-state index contributed by atoms with van der Waals surface area (Å²) in [6.07, 6.45) is 3.65. The number of para-hydroxylation sites is 1. The van der Waals surface area contributed by atoms with Gasteiger partial charge in [-0.2, -0.15) is 0 Å². The molecule has 0 aliphatic heterocycles. The van der Waals surface area contributed by atoms with Gasteiger partial charge in [-0.1, -0.05) is 35.0 Å². The molecule has 6 heteroatoms. The molecule has 0 unspecified atom stereocenters. The number of hydrogen-bond acceptors (Lipinski definition) is 3. The molecule has 0 aliphatic rings. The molecule has 0 saturated heterocycles. The molecule has 2 heterocycles. The average molecular weight is 318 g/mol. The lowest BCUT2D eigenvalue weighted by molar-refractivity contribution is -0.121. The molecule has 3 rings (SSSR count). The fourth-order valence-corrected chi connectivity index (χ4v) is 2.56. The fraction of sp³-hybridized carbons (Fsp3) is 0.250. The normalized spacial score (nSPS) is 11.0. The van der Waals surface area contributed by atoms with E-state index in [4.69, 9.17) is 16.1 Å². The Morgan fingerprint density at radius 3 is 3.00 bits per heavy atom. The Bertz CT molecular complexity index is 778. The number of aromatic amines is 1. The number of nitrogens with zero attached hydrogens (tertiary/aromatic N) is 1. The van der Waals surface area contributed by atoms with Crippen molar-refractivity contribution in [2.45, 2.75) is 19.3 Å². The summed E-state index contributed by atoms with van der Waals surface area (Å²) >= 11 is 5.66. The van der Waals surface area contributed by atoms with Crippen molar-refractivity contribution >= 4 is 28.4 Å². The van der Waals surface area contributed by atoms with Crippen molar-refractivity contribution in [2.75, 3.05) is 6.54 Å². The highest BCUT2D eigenvalue weighted by molar-refractivity contribution is 6.29. The van der Waals surface area contributed by atoms with Crippen LogP contribution in [0, 0.1) is 0 Å². The second-order valence-corrected chi connectivity index (χ2v) is 5.46. The van der Waals surface area contributed by atoms with Gasteiger partial charge in [0.15, 0.2) is 5.15 Å². The molecule has 0 saturated carbocycles. The van der Waals surface area contributed by atoms with Gasteiger partial charge in [-0.25, -0.2) is 0 Å². The van der Waals surface area contributed by atoms with Crippen LogP contribution in [0.15, 0.2) is 41.1 Å². The Hall–Kier alpha value is -2.27. The molecule has 1 amide bonds. The first kappa shape index (κ1) is 14.7. The van der Waals surface area contributed by atoms with Crippen LogP contribution in [0.5, 0.6) is 0 Å². The number of carbonyl (C=O) groups excluding carboxylic acids is 1. The SMILES string of the molecule is O=C(CCc1cc(Cl)no1)NCCc1c[nH]c2ccccc12. The third-order valence-corrected chi connectivity index (χ3v) is 3.70. The number of H-pyrrole nitrogens is 1. The van der Waals surface area contributed by atoms with E-state index >= 15 is 0 Å². The van der Waals surface area contributed by atoms with Crippen molar-refractivity contribution in [2.24, 2.45) is 0 Å². The van der Waals surface area contributed by atoms with Crippen molar-refractivity contribution < 1.29 is 9.32 Å². The van der Waals surface area contributed by atoms with Gasteiger partial charge in [-0.05, 0) is 18.1 Å². The predicted molar refractivity (Wildman–Crippen MR) is 84.8 cm³/mol. The van der Waals surface area contributed by atoms with Crippen LogP contribution in [0.2, 0.25) is 5.15 Å². The first-order chi connectivity index (χ1) is 10.7. The molecule has 0 bridgehead atoms. The number of hydrogen-bond donors (Lipinski definition) is 2. The van der Waals surface area contributed by atoms with Gasteiger partial charge in [0.25, 0.3) is 0 Å². The van der Waals surface area contributed by atoms with E-state index in [1.807, 2.05) is 24.4 Å². The van der Waals surface area contributed by atoms with E-state index in [0.29, 0.717) is 30.3 Å². The maximum absolute atomic E-state index is 11.8. The summed E-state index contributed by atoms with van der Waals surface area (Å²) in [5.41, 5.74) is 2.32. The number of amides is 1. The number of benzene rings is 1. The van der Waals surface area contributed by atoms with Gasteiger partial charge in [-0.3, -0.25) is 4.79 Å². The minimum absolute atomic E-state index is 0.00707. The maximum atomic E-state index is 11.8. The summed E-state index contributed by atoms with van der Waals surface area (Å²) < 4.78 is 4.96. The Morgan fingerprint density at radius 2 is 2.18 bits per heavy atom. The Morgan fingerprint density at radius 1 is 1.32 bits per heavy atom. The summed E-state index contributed by atoms with van der Waals surface area (Å²) in [5, 5.41) is 8.01. The third-order valence-electron chi connectivity index (χ3n) is 3.52. The molecular formula is C16H16ClN3O2. The number of aryl methyl sites for hydroxylation is 1. The van der Waals surface area contributed by atoms with E-state index in [1.54, 1.807) is 6.07 Å². The smallest absolute Gasteiger partial charge is 0.220 e. The average Bonchev–Trinajstić information content (AvgIpc) is 3.12. The highest BCUT2D eigenvalue weighted by Gasteiger charge is 2.07. The quantitative estimate of drug-likeness (QED) is 0.734. The van der Waals surface area contributed by atoms with Gasteiger partial charge < -0.3 is 14.8 Å². The molecule has 0 aliphatic carbocycles. The highest BCUT2D eigenvalue weighted by Crippen LogP contribution is 2.17. The van der Waals surface area contributed by atoms with Crippen molar-refractivity contribution in [1.82, 2.24) is 15.5 Å². The van der Waals surface area contributed by atoms with Gasteiger partial charge in [0.2, 0.25) is 5.91 Å². The molecule has 0 atom stereocenters. The summed E-state index contributed by atoms with van der Waals surface area (Å²) in [6.45, 7) is 0.609. The number of fused-ring (bicyclic) bond motifs is 1. The Balaban J connectivity index is 1.45. The molecule has 2 N–H and O–H groups in total. The molecule has 2 aromatic heterocycles. The summed E-state index contributed by atoms with van der Waals surface area (Å²) in [7, 11) is 0. The van der Waals surface area contributed by atoms with E-state index in [0.717, 1.165) is 11.9 Å². The minimum Gasteiger partial charge on any atom is -0.361 e. The van der Waals surface area contributed by atoms with Gasteiger partial charge >= 0.3 is 0 Å². The fourth-order valence-electron chi connectivity index (χ4n) is 2.41. The summed E-state index contributed by atoms with van der Waals surface area (Å²) in [6, 6.07) is 9.76. The molecule has 3 aromatic rings. The molecule has 114 valence electrons. The van der Waals surface area contributed by atoms with Crippen molar-refractivity contribution in [3.63, 3.8) is 0 Å². The van der Waals surface area contributed by atoms with Crippen LogP contribution < -0.4 is 5.32 Å². The van der Waals surface area contributed by atoms with Crippen LogP contribution in [0.25, 0.3) is 10.9 Å². The number of aromatic nitrogens is 2. The molecule has 0 radical (unpaired) electrons. The van der Waals surface area contributed by atoms with Crippen LogP contribution in [-0.4, -0.2) is 22.6 Å². The monoisotopic (exact) mass is 317 g/mol. The van der Waals surface area contributed by atoms with E-state index < -0.39 is 0 Å². The van der Waals surface area contributed by atoms with E-state index in [1.165, 1.54) is 10.9 Å². The second-order valence-electron chi connectivity index (χ2n) is 5.08. The summed E-state index contributed by atoms with van der Waals surface area (Å²) in [4.78, 5) is 15.0. The van der Waals surface area contributed by atoms with Gasteiger partial charge in [0.05, 0.1) is 0 Å². The Kier molecular flexibility index (Phi) is 4.44. The van der Waals surface area contributed by atoms with E-state index in [-0.39, 0.29) is 5.91 Å². The molecule has 1 aromatic carbocycles.